The van der Waals surface area contributed by atoms with Crippen molar-refractivity contribution in [2.24, 2.45) is 4.52 Å². The number of benzene rings is 6. The zero-order valence-corrected chi connectivity index (χ0v) is 38.8. The SMILES string of the molecule is Cc1cccc(OP(N[P+](N=[P+](Oc2cccc(C)c2C)Oc2cccc(C)c2C)(Oc2cccc(C)c2C)Oc2cccc(C)c2C)Oc2cccc(C)c2C)c1C. The molecule has 0 saturated heterocycles. The molecule has 0 saturated carbocycles. The Bertz CT molecular complexity index is 2340. The van der Waals surface area contributed by atoms with E-state index in [0.717, 1.165) is 66.8 Å². The largest absolute Gasteiger partial charge is 0.715 e. The van der Waals surface area contributed by atoms with Crippen LogP contribution in [0, 0.1) is 83.1 Å². The number of aryl methyl sites for hydroxylation is 6. The van der Waals surface area contributed by atoms with Gasteiger partial charge in [0.15, 0.2) is 23.0 Å². The second kappa shape index (κ2) is 19.0. The van der Waals surface area contributed by atoms with Crippen LogP contribution >= 0.6 is 24.7 Å². The van der Waals surface area contributed by atoms with Gasteiger partial charge in [-0.2, -0.15) is 0 Å². The van der Waals surface area contributed by atoms with Crippen molar-refractivity contribution in [3.05, 3.63) is 176 Å². The highest BCUT2D eigenvalue weighted by atomic mass is 31.3. The van der Waals surface area contributed by atoms with Gasteiger partial charge in [0, 0.05) is 11.1 Å². The van der Waals surface area contributed by atoms with Gasteiger partial charge in [-0.1, -0.05) is 72.8 Å². The summed E-state index contributed by atoms with van der Waals surface area (Å²) in [4.78, 5) is 3.68. The van der Waals surface area contributed by atoms with E-state index in [0.29, 0.717) is 34.5 Å². The molecular weight excluding hydrogens is 793 g/mol. The number of hydrogen-bond donors (Lipinski definition) is 1. The Morgan fingerprint density at radius 1 is 0.390 bits per heavy atom. The minimum atomic E-state index is -3.87. The molecule has 8 nitrogen and oxygen atoms in total. The monoisotopic (exact) mass is 848 g/mol. The molecule has 6 aromatic rings. The molecule has 0 aliphatic carbocycles. The van der Waals surface area contributed by atoms with Crippen molar-refractivity contribution in [2.45, 2.75) is 83.1 Å². The van der Waals surface area contributed by atoms with Crippen molar-refractivity contribution in [3.63, 3.8) is 0 Å². The number of rotatable bonds is 15. The Morgan fingerprint density at radius 2 is 0.661 bits per heavy atom. The Kier molecular flexibility index (Phi) is 14.0. The van der Waals surface area contributed by atoms with Crippen LogP contribution in [0.3, 0.4) is 0 Å². The van der Waals surface area contributed by atoms with Crippen LogP contribution in [0.1, 0.15) is 66.8 Å². The van der Waals surface area contributed by atoms with Gasteiger partial charge in [0.1, 0.15) is 11.5 Å². The summed E-state index contributed by atoms with van der Waals surface area (Å²) in [5.74, 6) is 3.77. The molecule has 0 bridgehead atoms. The first-order chi connectivity index (χ1) is 28.1. The first-order valence-corrected chi connectivity index (χ1v) is 23.5. The lowest BCUT2D eigenvalue weighted by Crippen LogP contribution is -2.24. The van der Waals surface area contributed by atoms with Crippen molar-refractivity contribution >= 4 is 24.7 Å². The van der Waals surface area contributed by atoms with Gasteiger partial charge in [-0.25, -0.2) is 9.05 Å². The van der Waals surface area contributed by atoms with E-state index in [4.69, 9.17) is 31.7 Å². The Balaban J connectivity index is 1.64. The van der Waals surface area contributed by atoms with E-state index in [-0.39, 0.29) is 0 Å². The normalized spacial score (nSPS) is 11.3. The summed E-state index contributed by atoms with van der Waals surface area (Å²) in [6.45, 7) is 24.5. The second-order valence-corrected chi connectivity index (χ2v) is 19.6. The predicted octanol–water partition coefficient (Wildman–Crippen LogP) is 15.2. The Hall–Kier alpha value is -4.96. The van der Waals surface area contributed by atoms with Gasteiger partial charge in [-0.05, 0) is 180 Å². The summed E-state index contributed by atoms with van der Waals surface area (Å²) in [5.41, 5.74) is 12.2. The molecule has 0 aliphatic rings. The number of hydrogen-bond acceptors (Lipinski definition) is 8. The van der Waals surface area contributed by atoms with Crippen LogP contribution in [0.5, 0.6) is 34.5 Å². The zero-order valence-electron chi connectivity index (χ0n) is 36.1. The van der Waals surface area contributed by atoms with E-state index in [1.807, 2.05) is 114 Å². The highest BCUT2D eigenvalue weighted by Crippen LogP contribution is 2.67. The van der Waals surface area contributed by atoms with E-state index in [9.17, 15) is 0 Å². The lowest BCUT2D eigenvalue weighted by molar-refractivity contribution is 0.434. The maximum atomic E-state index is 7.26. The summed E-state index contributed by atoms with van der Waals surface area (Å²) in [6, 6.07) is 35.8. The average Bonchev–Trinajstić information content (AvgIpc) is 3.19. The quantitative estimate of drug-likeness (QED) is 0.103. The predicted molar refractivity (Wildman–Crippen MR) is 246 cm³/mol. The maximum absolute atomic E-state index is 7.26. The van der Waals surface area contributed by atoms with Crippen molar-refractivity contribution in [3.8, 4) is 34.5 Å². The first kappa shape index (κ1) is 43.6. The van der Waals surface area contributed by atoms with E-state index < -0.39 is 24.7 Å². The summed E-state index contributed by atoms with van der Waals surface area (Å²) in [7, 11) is -8.17. The third kappa shape index (κ3) is 10.4. The van der Waals surface area contributed by atoms with Gasteiger partial charge in [0.2, 0.25) is 4.52 Å². The molecule has 6 rings (SSSR count). The molecule has 59 heavy (non-hydrogen) atoms. The molecule has 0 fully saturated rings. The molecule has 6 aromatic carbocycles. The summed E-state index contributed by atoms with van der Waals surface area (Å²) in [5, 5.41) is 0. The topological polar surface area (TPSA) is 79.8 Å². The molecule has 1 N–H and O–H groups in total. The van der Waals surface area contributed by atoms with Crippen molar-refractivity contribution in [1.82, 2.24) is 4.86 Å². The Morgan fingerprint density at radius 3 is 1.00 bits per heavy atom. The fraction of sp³-hybridized carbons (Fsp3) is 0.250. The number of nitrogens with zero attached hydrogens (tertiary/aromatic N) is 1. The minimum absolute atomic E-state index is 0.585. The first-order valence-electron chi connectivity index (χ1n) is 19.6. The second-order valence-electron chi connectivity index (χ2n) is 14.9. The van der Waals surface area contributed by atoms with Crippen molar-refractivity contribution < 1.29 is 27.1 Å². The minimum Gasteiger partial charge on any atom is -0.425 e. The zero-order chi connectivity index (χ0) is 42.4. The van der Waals surface area contributed by atoms with Gasteiger partial charge < -0.3 is 9.05 Å². The van der Waals surface area contributed by atoms with Gasteiger partial charge in [0.05, 0.1) is 0 Å². The molecular formula is C48H55N2O6P3+2. The molecule has 0 aromatic heterocycles. The summed E-state index contributed by atoms with van der Waals surface area (Å²) < 4.78 is 47.6. The third-order valence-corrected chi connectivity index (χ3v) is 16.4. The average molecular weight is 849 g/mol. The van der Waals surface area contributed by atoms with E-state index in [2.05, 4.69) is 82.8 Å². The van der Waals surface area contributed by atoms with Crippen LogP contribution in [0.2, 0.25) is 0 Å². The van der Waals surface area contributed by atoms with Crippen LogP contribution < -0.4 is 32.0 Å². The maximum Gasteiger partial charge on any atom is 0.715 e. The molecule has 0 aliphatic heterocycles. The van der Waals surface area contributed by atoms with Gasteiger partial charge in [-0.15, -0.1) is 0 Å². The van der Waals surface area contributed by atoms with Crippen LogP contribution in [0.25, 0.3) is 0 Å². The van der Waals surface area contributed by atoms with Crippen LogP contribution in [-0.4, -0.2) is 0 Å². The number of nitrogens with one attached hydrogen (secondary N) is 1. The van der Waals surface area contributed by atoms with Gasteiger partial charge in [0.25, 0.3) is 0 Å². The van der Waals surface area contributed by atoms with Crippen LogP contribution in [0.15, 0.2) is 114 Å². The highest BCUT2D eigenvalue weighted by Gasteiger charge is 2.60. The summed E-state index contributed by atoms with van der Waals surface area (Å²) >= 11 is 0. The van der Waals surface area contributed by atoms with Gasteiger partial charge >= 0.3 is 24.7 Å². The molecule has 0 atom stereocenters. The standard InChI is InChI=1S/C48H55N2O6P3/c1-31-19-13-25-43(37(31)7)51-57(52-44-26-14-20-32(2)38(44)8)49-59(55-47-29-17-23-35(5)41(47)11,56-48-30-18-24-36(6)42(48)12)50-58(53-45-27-15-21-33(3)39(45)9)54-46-28-16-22-34(4)40(46)10/h13-30,49H,1-12H3/q+2. The van der Waals surface area contributed by atoms with Crippen LogP contribution in [-0.2, 0) is 0 Å². The van der Waals surface area contributed by atoms with Crippen molar-refractivity contribution in [2.75, 3.05) is 0 Å². The fourth-order valence-electron chi connectivity index (χ4n) is 5.98. The smallest absolute Gasteiger partial charge is 0.425 e. The molecule has 0 unspecified atom stereocenters. The molecule has 0 radical (unpaired) electrons. The fourth-order valence-corrected chi connectivity index (χ4v) is 11.9. The third-order valence-electron chi connectivity index (χ3n) is 10.9. The Labute approximate surface area is 353 Å². The molecule has 0 amide bonds. The molecule has 0 spiro atoms. The molecule has 11 heteroatoms. The van der Waals surface area contributed by atoms with E-state index >= 15 is 0 Å². The van der Waals surface area contributed by atoms with Crippen molar-refractivity contribution in [1.29, 1.82) is 0 Å². The van der Waals surface area contributed by atoms with E-state index in [1.165, 1.54) is 0 Å². The highest BCUT2D eigenvalue weighted by molar-refractivity contribution is 7.75. The lowest BCUT2D eigenvalue weighted by Gasteiger charge is -2.24. The molecule has 0 heterocycles. The molecule has 306 valence electrons. The summed E-state index contributed by atoms with van der Waals surface area (Å²) in [6.07, 6.45) is 0. The van der Waals surface area contributed by atoms with E-state index in [1.54, 1.807) is 0 Å². The lowest BCUT2D eigenvalue weighted by atomic mass is 10.1. The van der Waals surface area contributed by atoms with Gasteiger partial charge in [-0.3, -0.25) is 9.05 Å². The van der Waals surface area contributed by atoms with Crippen LogP contribution in [0.4, 0.5) is 0 Å².